The molecule has 5 aromatic rings. The van der Waals surface area contributed by atoms with Gasteiger partial charge in [-0.15, -0.1) is 0 Å². The standard InChI is InChI=1S/C20H24N12O10S/c21-19-26-13-8(15(37)28-19)23-3-31(13)17-11(35)7(6(2-33)42-17)30-43(39,40)25-1-5-10(34)12(36)18(41-5)32-4-24-9-14(32)27-20(22)29-16(9)38/h3-5,10,12,18,25,30,33-36,39-40H,1-2H2,(H3,21,26,28,37)(H3,22,27,29,38)/t5-,10-,12-,18-/m1/s1. The van der Waals surface area contributed by atoms with Crippen molar-refractivity contribution in [3.8, 4) is 11.6 Å². The molecule has 1 aliphatic rings. The van der Waals surface area contributed by atoms with Crippen LogP contribution in [0.2, 0.25) is 0 Å². The van der Waals surface area contributed by atoms with Gasteiger partial charge in [-0.2, -0.15) is 14.7 Å². The van der Waals surface area contributed by atoms with Crippen LogP contribution in [0, 0.1) is 0 Å². The highest BCUT2D eigenvalue weighted by Gasteiger charge is 2.45. The molecular formula is C20H24N12O10S. The molecule has 0 aromatic carbocycles. The van der Waals surface area contributed by atoms with E-state index in [1.807, 2.05) is 0 Å². The average molecular weight is 625 g/mol. The van der Waals surface area contributed by atoms with Gasteiger partial charge in [-0.05, 0) is 0 Å². The maximum atomic E-state index is 12.1. The third kappa shape index (κ3) is 4.79. The molecule has 1 fully saturated rings. The molecular weight excluding hydrogens is 600 g/mol. The summed E-state index contributed by atoms with van der Waals surface area (Å²) in [5.41, 5.74) is 9.12. The fourth-order valence-corrected chi connectivity index (χ4v) is 5.51. The van der Waals surface area contributed by atoms with Crippen molar-refractivity contribution in [3.63, 3.8) is 0 Å². The van der Waals surface area contributed by atoms with Crippen molar-refractivity contribution in [2.45, 2.75) is 31.1 Å². The zero-order valence-electron chi connectivity index (χ0n) is 21.4. The third-order valence-corrected chi connectivity index (χ3v) is 7.58. The molecule has 6 heterocycles. The summed E-state index contributed by atoms with van der Waals surface area (Å²) in [5.74, 6) is -1.90. The van der Waals surface area contributed by atoms with Gasteiger partial charge in [0, 0.05) is 6.54 Å². The van der Waals surface area contributed by atoms with E-state index in [-0.39, 0.29) is 45.9 Å². The highest BCUT2D eigenvalue weighted by Crippen LogP contribution is 2.45. The molecule has 0 saturated carbocycles. The van der Waals surface area contributed by atoms with E-state index >= 15 is 0 Å². The Hall–Kier alpha value is -4.75. The Morgan fingerprint density at radius 1 is 1.00 bits per heavy atom. The summed E-state index contributed by atoms with van der Waals surface area (Å²) < 4.78 is 39.4. The summed E-state index contributed by atoms with van der Waals surface area (Å²) in [6, 6.07) is 0. The average Bonchev–Trinajstić information content (AvgIpc) is 3.69. The molecule has 1 saturated heterocycles. The van der Waals surface area contributed by atoms with Gasteiger partial charge in [0.25, 0.3) is 17.0 Å². The first-order valence-corrected chi connectivity index (χ1v) is 13.7. The highest BCUT2D eigenvalue weighted by atomic mass is 32.3. The van der Waals surface area contributed by atoms with Gasteiger partial charge in [-0.3, -0.25) is 38.0 Å². The first kappa shape index (κ1) is 28.4. The van der Waals surface area contributed by atoms with E-state index in [1.54, 1.807) is 0 Å². The molecule has 23 heteroatoms. The number of fused-ring (bicyclic) bond motifs is 2. The van der Waals surface area contributed by atoms with Crippen LogP contribution in [0.4, 0.5) is 17.6 Å². The Labute approximate surface area is 238 Å². The second kappa shape index (κ2) is 10.2. The number of aliphatic hydroxyl groups is 3. The number of aromatic amines is 2. The van der Waals surface area contributed by atoms with Crippen LogP contribution < -0.4 is 32.0 Å². The first-order chi connectivity index (χ1) is 20.4. The molecule has 5 aromatic heterocycles. The number of aliphatic hydroxyl groups excluding tert-OH is 3. The van der Waals surface area contributed by atoms with Gasteiger partial charge < -0.3 is 41.0 Å². The predicted octanol–water partition coefficient (Wildman–Crippen LogP) is -2.60. The van der Waals surface area contributed by atoms with Crippen LogP contribution in [0.25, 0.3) is 28.2 Å². The fraction of sp³-hybridized carbons (Fsp3) is 0.300. The number of furan rings is 1. The number of anilines is 3. The van der Waals surface area contributed by atoms with Crippen LogP contribution in [0.3, 0.4) is 0 Å². The van der Waals surface area contributed by atoms with Crippen molar-refractivity contribution in [2.75, 3.05) is 22.7 Å². The zero-order valence-corrected chi connectivity index (χ0v) is 22.3. The number of nitrogens with one attached hydrogen (secondary N) is 4. The molecule has 14 N–H and O–H groups in total. The summed E-state index contributed by atoms with van der Waals surface area (Å²) >= 11 is 0. The van der Waals surface area contributed by atoms with Crippen LogP contribution in [-0.2, 0) is 11.3 Å². The Kier molecular flexibility index (Phi) is 6.74. The number of nitrogens with two attached hydrogens (primary N) is 2. The largest absolute Gasteiger partial charge is 0.502 e. The van der Waals surface area contributed by atoms with Crippen molar-refractivity contribution in [3.05, 3.63) is 39.1 Å². The summed E-state index contributed by atoms with van der Waals surface area (Å²) in [4.78, 5) is 44.5. The van der Waals surface area contributed by atoms with E-state index in [4.69, 9.17) is 20.6 Å². The lowest BCUT2D eigenvalue weighted by Crippen LogP contribution is -2.39. The van der Waals surface area contributed by atoms with E-state index in [1.165, 1.54) is 4.57 Å². The first-order valence-electron chi connectivity index (χ1n) is 12.1. The molecule has 0 bridgehead atoms. The predicted molar refractivity (Wildman–Crippen MR) is 147 cm³/mol. The minimum atomic E-state index is -4.06. The van der Waals surface area contributed by atoms with Crippen LogP contribution in [-0.4, -0.2) is 93.4 Å². The Morgan fingerprint density at radius 2 is 1.63 bits per heavy atom. The van der Waals surface area contributed by atoms with Gasteiger partial charge in [0.2, 0.25) is 17.6 Å². The van der Waals surface area contributed by atoms with E-state index in [2.05, 4.69) is 39.3 Å². The molecule has 0 spiro atoms. The number of nitrogens with zero attached hydrogens (tertiary/aromatic N) is 6. The van der Waals surface area contributed by atoms with E-state index in [9.17, 15) is 39.1 Å². The molecule has 22 nitrogen and oxygen atoms in total. The number of H-pyrrole nitrogens is 2. The highest BCUT2D eigenvalue weighted by molar-refractivity contribution is 8.23. The number of imidazole rings is 2. The van der Waals surface area contributed by atoms with Gasteiger partial charge in [0.15, 0.2) is 34.3 Å². The molecule has 43 heavy (non-hydrogen) atoms. The minimum Gasteiger partial charge on any atom is -0.502 e. The number of hydrogen-bond acceptors (Lipinski definition) is 18. The quantitative estimate of drug-likeness (QED) is 0.0841. The van der Waals surface area contributed by atoms with Crippen molar-refractivity contribution >= 4 is 50.9 Å². The topological polar surface area (TPSA) is 347 Å². The van der Waals surface area contributed by atoms with Crippen LogP contribution in [0.1, 0.15) is 12.0 Å². The van der Waals surface area contributed by atoms with Crippen LogP contribution in [0.15, 0.2) is 26.7 Å². The summed E-state index contributed by atoms with van der Waals surface area (Å²) in [5, 5.41) is 41.9. The Balaban J connectivity index is 1.21. The lowest BCUT2D eigenvalue weighted by atomic mass is 10.1. The van der Waals surface area contributed by atoms with Gasteiger partial charge in [0.1, 0.15) is 36.9 Å². The van der Waals surface area contributed by atoms with E-state index in [0.717, 1.165) is 17.2 Å². The van der Waals surface area contributed by atoms with Crippen molar-refractivity contribution in [1.29, 1.82) is 0 Å². The van der Waals surface area contributed by atoms with Gasteiger partial charge in [-0.1, -0.05) is 11.0 Å². The second-order valence-electron chi connectivity index (χ2n) is 9.27. The second-order valence-corrected chi connectivity index (χ2v) is 10.9. The molecule has 0 amide bonds. The zero-order chi connectivity index (χ0) is 30.8. The number of aromatic nitrogens is 8. The SMILES string of the molecule is Nc1nc2c(ncn2-c2oc(CO)c(NS(O)(O)NC[C@H]3O[C@@H](n4cnc5c(=O)[nH]c(N)nc54)[C@H](O)[C@@H]3O)c2O)c(=O)[nH]1. The molecule has 230 valence electrons. The molecule has 0 radical (unpaired) electrons. The molecule has 4 atom stereocenters. The molecule has 6 rings (SSSR count). The van der Waals surface area contributed by atoms with Gasteiger partial charge in [-0.25, -0.2) is 14.5 Å². The smallest absolute Gasteiger partial charge is 0.280 e. The lowest BCUT2D eigenvalue weighted by Gasteiger charge is -2.34. The van der Waals surface area contributed by atoms with E-state index < -0.39 is 71.2 Å². The fourth-order valence-electron chi connectivity index (χ4n) is 4.54. The molecule has 0 unspecified atom stereocenters. The normalized spacial score (nSPS) is 21.2. The lowest BCUT2D eigenvalue weighted by molar-refractivity contribution is -0.0331. The number of aromatic hydroxyl groups is 1. The minimum absolute atomic E-state index is 0.0204. The van der Waals surface area contributed by atoms with Crippen molar-refractivity contribution < 1.29 is 38.7 Å². The Morgan fingerprint density at radius 3 is 2.30 bits per heavy atom. The number of rotatable bonds is 8. The van der Waals surface area contributed by atoms with Crippen LogP contribution >= 0.6 is 11.0 Å². The van der Waals surface area contributed by atoms with Crippen molar-refractivity contribution in [1.82, 2.24) is 43.8 Å². The Bertz CT molecular complexity index is 1960. The van der Waals surface area contributed by atoms with Crippen LogP contribution in [0.5, 0.6) is 5.75 Å². The number of hydrogen-bond donors (Lipinski definition) is 12. The van der Waals surface area contributed by atoms with E-state index in [0.29, 0.717) is 0 Å². The third-order valence-electron chi connectivity index (χ3n) is 6.52. The molecule has 0 aliphatic carbocycles. The summed E-state index contributed by atoms with van der Waals surface area (Å²) in [7, 11) is -4.06. The number of ether oxygens (including phenoxy) is 1. The molecule has 1 aliphatic heterocycles. The monoisotopic (exact) mass is 624 g/mol. The summed E-state index contributed by atoms with van der Waals surface area (Å²) in [6.45, 7) is -1.28. The van der Waals surface area contributed by atoms with Gasteiger partial charge in [0.05, 0.1) is 6.33 Å². The van der Waals surface area contributed by atoms with Gasteiger partial charge >= 0.3 is 0 Å². The van der Waals surface area contributed by atoms with Crippen molar-refractivity contribution in [2.24, 2.45) is 0 Å². The maximum absolute atomic E-state index is 12.1. The number of nitrogen functional groups attached to an aromatic ring is 2. The maximum Gasteiger partial charge on any atom is 0.280 e. The summed E-state index contributed by atoms with van der Waals surface area (Å²) in [6.07, 6.45) is -3.36.